The lowest BCUT2D eigenvalue weighted by atomic mass is 9.86. The molecule has 2 aliphatic carbocycles. The Labute approximate surface area is 107 Å². The molecule has 15 heavy (non-hydrogen) atoms. The van der Waals surface area contributed by atoms with E-state index < -0.39 is 0 Å². The molecule has 0 bridgehead atoms. The van der Waals surface area contributed by atoms with Crippen LogP contribution in [0.25, 0.3) is 0 Å². The standard InChI is InChI=1S/C13H23IO/c14-11-13(8-2-1-3-9-13)15-10-4-5-12-6-7-12/h12H,1-11H2. The zero-order chi connectivity index (χ0) is 10.6. The fourth-order valence-electron chi connectivity index (χ4n) is 2.58. The van der Waals surface area contributed by atoms with Crippen molar-refractivity contribution < 1.29 is 4.74 Å². The predicted molar refractivity (Wildman–Crippen MR) is 72.6 cm³/mol. The van der Waals surface area contributed by atoms with Crippen LogP contribution in [0.5, 0.6) is 0 Å². The molecule has 0 aromatic rings. The Balaban J connectivity index is 1.64. The van der Waals surface area contributed by atoms with Gasteiger partial charge >= 0.3 is 0 Å². The molecule has 0 atom stereocenters. The van der Waals surface area contributed by atoms with Gasteiger partial charge in [-0.15, -0.1) is 0 Å². The minimum Gasteiger partial charge on any atom is -0.374 e. The second kappa shape index (κ2) is 5.85. The molecule has 0 aliphatic heterocycles. The van der Waals surface area contributed by atoms with Crippen LogP contribution in [0.15, 0.2) is 0 Å². The van der Waals surface area contributed by atoms with Crippen LogP contribution < -0.4 is 0 Å². The molecule has 0 saturated heterocycles. The van der Waals surface area contributed by atoms with Crippen molar-refractivity contribution in [1.29, 1.82) is 0 Å². The highest BCUT2D eigenvalue weighted by atomic mass is 127. The summed E-state index contributed by atoms with van der Waals surface area (Å²) in [5.74, 6) is 1.07. The van der Waals surface area contributed by atoms with Crippen molar-refractivity contribution in [2.45, 2.75) is 63.4 Å². The number of rotatable bonds is 6. The normalized spacial score (nSPS) is 25.4. The van der Waals surface area contributed by atoms with Crippen molar-refractivity contribution in [2.24, 2.45) is 5.92 Å². The van der Waals surface area contributed by atoms with Crippen LogP contribution in [0.4, 0.5) is 0 Å². The number of ether oxygens (including phenoxy) is 1. The molecular weight excluding hydrogens is 299 g/mol. The van der Waals surface area contributed by atoms with Crippen molar-refractivity contribution in [3.8, 4) is 0 Å². The minimum absolute atomic E-state index is 0.266. The fraction of sp³-hybridized carbons (Fsp3) is 1.00. The lowest BCUT2D eigenvalue weighted by Gasteiger charge is -2.35. The van der Waals surface area contributed by atoms with Crippen molar-refractivity contribution in [3.63, 3.8) is 0 Å². The Kier molecular flexibility index (Phi) is 4.74. The average Bonchev–Trinajstić information content (AvgIpc) is 3.10. The lowest BCUT2D eigenvalue weighted by molar-refractivity contribution is -0.0517. The van der Waals surface area contributed by atoms with Gasteiger partial charge in [0.1, 0.15) is 0 Å². The molecule has 2 saturated carbocycles. The summed E-state index contributed by atoms with van der Waals surface area (Å²) in [6, 6.07) is 0. The Hall–Kier alpha value is 0.690. The summed E-state index contributed by atoms with van der Waals surface area (Å²) in [7, 11) is 0. The van der Waals surface area contributed by atoms with Gasteiger partial charge in [-0.05, 0) is 31.6 Å². The smallest absolute Gasteiger partial charge is 0.0771 e. The van der Waals surface area contributed by atoms with Crippen molar-refractivity contribution >= 4 is 22.6 Å². The van der Waals surface area contributed by atoms with Crippen LogP contribution >= 0.6 is 22.6 Å². The van der Waals surface area contributed by atoms with Gasteiger partial charge in [0.25, 0.3) is 0 Å². The molecule has 2 heteroatoms. The molecule has 0 heterocycles. The number of hydrogen-bond acceptors (Lipinski definition) is 1. The van der Waals surface area contributed by atoms with E-state index in [1.165, 1.54) is 62.2 Å². The molecule has 1 nitrogen and oxygen atoms in total. The topological polar surface area (TPSA) is 9.23 Å². The SMILES string of the molecule is ICC1(OCCCC2CC2)CCCCC1. The van der Waals surface area contributed by atoms with Crippen LogP contribution in [0.3, 0.4) is 0 Å². The molecule has 0 unspecified atom stereocenters. The maximum Gasteiger partial charge on any atom is 0.0771 e. The van der Waals surface area contributed by atoms with Gasteiger partial charge in [0.15, 0.2) is 0 Å². The number of hydrogen-bond donors (Lipinski definition) is 0. The van der Waals surface area contributed by atoms with Crippen molar-refractivity contribution in [1.82, 2.24) is 0 Å². The monoisotopic (exact) mass is 322 g/mol. The van der Waals surface area contributed by atoms with Gasteiger partial charge in [-0.1, -0.05) is 54.7 Å². The van der Waals surface area contributed by atoms with Gasteiger partial charge in [-0.25, -0.2) is 0 Å². The summed E-state index contributed by atoms with van der Waals surface area (Å²) in [5.41, 5.74) is 0.266. The Morgan fingerprint density at radius 3 is 2.47 bits per heavy atom. The zero-order valence-electron chi connectivity index (χ0n) is 9.64. The average molecular weight is 322 g/mol. The highest BCUT2D eigenvalue weighted by Gasteiger charge is 2.31. The van der Waals surface area contributed by atoms with Crippen LogP contribution in [0, 0.1) is 5.92 Å². The second-order valence-corrected chi connectivity index (χ2v) is 6.07. The van der Waals surface area contributed by atoms with Crippen LogP contribution in [0.2, 0.25) is 0 Å². The maximum atomic E-state index is 6.19. The summed E-state index contributed by atoms with van der Waals surface area (Å²) in [5, 5.41) is 0. The van der Waals surface area contributed by atoms with Gasteiger partial charge < -0.3 is 4.74 Å². The van der Waals surface area contributed by atoms with Gasteiger partial charge in [-0.3, -0.25) is 0 Å². The first-order chi connectivity index (χ1) is 7.35. The van der Waals surface area contributed by atoms with Gasteiger partial charge in [0, 0.05) is 11.0 Å². The van der Waals surface area contributed by atoms with Crippen molar-refractivity contribution in [3.05, 3.63) is 0 Å². The quantitative estimate of drug-likeness (QED) is 0.402. The van der Waals surface area contributed by atoms with E-state index >= 15 is 0 Å². The van der Waals surface area contributed by atoms with E-state index in [9.17, 15) is 0 Å². The summed E-state index contributed by atoms with van der Waals surface area (Å²) in [6.07, 6.45) is 12.5. The largest absolute Gasteiger partial charge is 0.374 e. The molecule has 2 rings (SSSR count). The molecule has 2 fully saturated rings. The molecule has 0 aromatic heterocycles. The first-order valence-corrected chi connectivity index (χ1v) is 8.07. The van der Waals surface area contributed by atoms with Crippen LogP contribution in [0.1, 0.15) is 57.8 Å². The highest BCUT2D eigenvalue weighted by molar-refractivity contribution is 14.1. The van der Waals surface area contributed by atoms with Gasteiger partial charge in [0.2, 0.25) is 0 Å². The zero-order valence-corrected chi connectivity index (χ0v) is 11.8. The Morgan fingerprint density at radius 2 is 1.87 bits per heavy atom. The van der Waals surface area contributed by atoms with Crippen molar-refractivity contribution in [2.75, 3.05) is 11.0 Å². The third-order valence-electron chi connectivity index (χ3n) is 3.87. The second-order valence-electron chi connectivity index (χ2n) is 5.31. The summed E-state index contributed by atoms with van der Waals surface area (Å²) in [4.78, 5) is 0. The first kappa shape index (κ1) is 12.2. The molecule has 0 aromatic carbocycles. The minimum atomic E-state index is 0.266. The molecule has 0 N–H and O–H groups in total. The van der Waals surface area contributed by atoms with Crippen LogP contribution in [-0.4, -0.2) is 16.6 Å². The van der Waals surface area contributed by atoms with Gasteiger partial charge in [0.05, 0.1) is 5.60 Å². The van der Waals surface area contributed by atoms with E-state index in [0.717, 1.165) is 12.5 Å². The van der Waals surface area contributed by atoms with E-state index in [0.29, 0.717) is 0 Å². The molecule has 2 aliphatic rings. The molecule has 88 valence electrons. The number of alkyl halides is 1. The van der Waals surface area contributed by atoms with E-state index in [2.05, 4.69) is 22.6 Å². The van der Waals surface area contributed by atoms with E-state index in [1.807, 2.05) is 0 Å². The van der Waals surface area contributed by atoms with E-state index in [-0.39, 0.29) is 5.60 Å². The summed E-state index contributed by atoms with van der Waals surface area (Å²) >= 11 is 2.51. The Morgan fingerprint density at radius 1 is 1.13 bits per heavy atom. The Bertz CT molecular complexity index is 183. The molecular formula is C13H23IO. The van der Waals surface area contributed by atoms with Crippen LogP contribution in [-0.2, 0) is 4.74 Å². The van der Waals surface area contributed by atoms with E-state index in [1.54, 1.807) is 0 Å². The predicted octanol–water partition coefficient (Wildman–Crippen LogP) is 4.33. The van der Waals surface area contributed by atoms with Gasteiger partial charge in [-0.2, -0.15) is 0 Å². The first-order valence-electron chi connectivity index (χ1n) is 6.55. The number of halogens is 1. The molecule has 0 radical (unpaired) electrons. The third kappa shape index (κ3) is 3.88. The highest BCUT2D eigenvalue weighted by Crippen LogP contribution is 2.35. The molecule has 0 spiro atoms. The lowest BCUT2D eigenvalue weighted by Crippen LogP contribution is -2.37. The fourth-order valence-corrected chi connectivity index (χ4v) is 3.56. The van der Waals surface area contributed by atoms with E-state index in [4.69, 9.17) is 4.74 Å². The third-order valence-corrected chi connectivity index (χ3v) is 5.26. The molecule has 0 amide bonds. The summed E-state index contributed by atoms with van der Waals surface area (Å²) < 4.78 is 7.38. The summed E-state index contributed by atoms with van der Waals surface area (Å²) in [6.45, 7) is 1.01. The maximum absolute atomic E-state index is 6.19.